The number of aliphatic hydroxyl groups excluding tert-OH is 1. The molecule has 0 aliphatic heterocycles. The molecule has 0 heterocycles. The zero-order valence-electron chi connectivity index (χ0n) is 12.4. The molecular formula is C14H21N3O4. The van der Waals surface area contributed by atoms with Gasteiger partial charge >= 0.3 is 0 Å². The summed E-state index contributed by atoms with van der Waals surface area (Å²) in [5.74, 6) is -0.279. The van der Waals surface area contributed by atoms with Gasteiger partial charge in [-0.05, 0) is 39.3 Å². The number of anilines is 1. The van der Waals surface area contributed by atoms with Crippen molar-refractivity contribution in [3.8, 4) is 0 Å². The summed E-state index contributed by atoms with van der Waals surface area (Å²) in [6.45, 7) is 5.75. The minimum absolute atomic E-state index is 0.0968. The molecule has 1 rings (SSSR count). The van der Waals surface area contributed by atoms with Gasteiger partial charge in [-0.15, -0.1) is 0 Å². The molecule has 3 N–H and O–H groups in total. The minimum Gasteiger partial charge on any atom is -0.393 e. The average molecular weight is 295 g/mol. The van der Waals surface area contributed by atoms with Gasteiger partial charge in [-0.3, -0.25) is 14.9 Å². The average Bonchev–Trinajstić information content (AvgIpc) is 2.37. The monoisotopic (exact) mass is 295 g/mol. The molecule has 0 aliphatic rings. The number of rotatable bonds is 7. The zero-order chi connectivity index (χ0) is 16.0. The van der Waals surface area contributed by atoms with Gasteiger partial charge in [0.1, 0.15) is 5.69 Å². The third kappa shape index (κ3) is 5.03. The maximum atomic E-state index is 11.8. The van der Waals surface area contributed by atoms with Gasteiger partial charge in [-0.2, -0.15) is 0 Å². The second-order valence-electron chi connectivity index (χ2n) is 4.98. The molecule has 1 aromatic carbocycles. The van der Waals surface area contributed by atoms with E-state index in [0.717, 1.165) is 0 Å². The van der Waals surface area contributed by atoms with E-state index in [2.05, 4.69) is 10.6 Å². The van der Waals surface area contributed by atoms with E-state index in [1.807, 2.05) is 6.92 Å². The standard InChI is InChI=1S/C14H21N3O4/c1-4-15-14(19)11-5-6-13(17(20)21)12(8-11)16-9(2)7-10(3)18/h5-6,8-10,16,18H,4,7H2,1-3H3,(H,15,19). The van der Waals surface area contributed by atoms with Crippen LogP contribution in [0.5, 0.6) is 0 Å². The van der Waals surface area contributed by atoms with Crippen LogP contribution >= 0.6 is 0 Å². The fourth-order valence-electron chi connectivity index (χ4n) is 2.05. The van der Waals surface area contributed by atoms with Gasteiger partial charge in [0.2, 0.25) is 0 Å². The van der Waals surface area contributed by atoms with E-state index < -0.39 is 11.0 Å². The maximum Gasteiger partial charge on any atom is 0.292 e. The Morgan fingerprint density at radius 1 is 1.43 bits per heavy atom. The zero-order valence-corrected chi connectivity index (χ0v) is 12.4. The van der Waals surface area contributed by atoms with E-state index in [9.17, 15) is 20.0 Å². The Balaban J connectivity index is 3.04. The highest BCUT2D eigenvalue weighted by Gasteiger charge is 2.18. The molecule has 0 saturated carbocycles. The van der Waals surface area contributed by atoms with Crippen LogP contribution in [0.2, 0.25) is 0 Å². The molecule has 1 aromatic rings. The summed E-state index contributed by atoms with van der Waals surface area (Å²) >= 11 is 0. The van der Waals surface area contributed by atoms with E-state index in [0.29, 0.717) is 18.5 Å². The second kappa shape index (κ2) is 7.58. The molecule has 7 nitrogen and oxygen atoms in total. The van der Waals surface area contributed by atoms with Crippen molar-refractivity contribution in [3.05, 3.63) is 33.9 Å². The van der Waals surface area contributed by atoms with Gasteiger partial charge in [-0.25, -0.2) is 0 Å². The first-order valence-corrected chi connectivity index (χ1v) is 6.86. The van der Waals surface area contributed by atoms with Gasteiger partial charge in [-0.1, -0.05) is 0 Å². The molecule has 116 valence electrons. The summed E-state index contributed by atoms with van der Waals surface area (Å²) in [7, 11) is 0. The summed E-state index contributed by atoms with van der Waals surface area (Å²) in [4.78, 5) is 22.3. The number of nitro groups is 1. The summed E-state index contributed by atoms with van der Waals surface area (Å²) in [6.07, 6.45) is -0.0687. The Bertz CT molecular complexity index is 517. The summed E-state index contributed by atoms with van der Waals surface area (Å²) in [5, 5.41) is 26.0. The van der Waals surface area contributed by atoms with Crippen LogP contribution in [0.4, 0.5) is 11.4 Å². The van der Waals surface area contributed by atoms with Gasteiger partial charge in [0.15, 0.2) is 0 Å². The minimum atomic E-state index is -0.516. The van der Waals surface area contributed by atoms with Crippen LogP contribution in [0.25, 0.3) is 0 Å². The molecule has 0 fully saturated rings. The van der Waals surface area contributed by atoms with Gasteiger partial charge in [0, 0.05) is 24.2 Å². The number of carbonyl (C=O) groups excluding carboxylic acids is 1. The highest BCUT2D eigenvalue weighted by molar-refractivity contribution is 5.95. The van der Waals surface area contributed by atoms with Crippen molar-refractivity contribution in [2.24, 2.45) is 0 Å². The highest BCUT2D eigenvalue weighted by Crippen LogP contribution is 2.26. The van der Waals surface area contributed by atoms with E-state index in [-0.39, 0.29) is 23.3 Å². The van der Waals surface area contributed by atoms with E-state index in [1.165, 1.54) is 18.2 Å². The lowest BCUT2D eigenvalue weighted by Crippen LogP contribution is -2.24. The van der Waals surface area contributed by atoms with Crippen LogP contribution in [0.3, 0.4) is 0 Å². The quantitative estimate of drug-likeness (QED) is 0.526. The largest absolute Gasteiger partial charge is 0.393 e. The number of hydrogen-bond donors (Lipinski definition) is 3. The molecule has 7 heteroatoms. The smallest absolute Gasteiger partial charge is 0.292 e. The molecule has 2 atom stereocenters. The lowest BCUT2D eigenvalue weighted by molar-refractivity contribution is -0.384. The van der Waals surface area contributed by atoms with E-state index in [4.69, 9.17) is 0 Å². The summed E-state index contributed by atoms with van der Waals surface area (Å²) < 4.78 is 0. The van der Waals surface area contributed by atoms with Crippen LogP contribution < -0.4 is 10.6 Å². The third-order valence-corrected chi connectivity index (χ3v) is 2.89. The van der Waals surface area contributed by atoms with Gasteiger partial charge in [0.05, 0.1) is 11.0 Å². The first kappa shape index (κ1) is 16.9. The third-order valence-electron chi connectivity index (χ3n) is 2.89. The summed E-state index contributed by atoms with van der Waals surface area (Å²) in [5.41, 5.74) is 0.534. The molecule has 21 heavy (non-hydrogen) atoms. The molecule has 0 aliphatic carbocycles. The predicted octanol–water partition coefficient (Wildman–Crippen LogP) is 1.92. The first-order chi connectivity index (χ1) is 9.85. The topological polar surface area (TPSA) is 104 Å². The molecular weight excluding hydrogens is 274 g/mol. The lowest BCUT2D eigenvalue weighted by Gasteiger charge is -2.17. The molecule has 0 spiro atoms. The number of hydrogen-bond acceptors (Lipinski definition) is 5. The number of nitro benzene ring substituents is 1. The van der Waals surface area contributed by atoms with Crippen molar-refractivity contribution < 1.29 is 14.8 Å². The van der Waals surface area contributed by atoms with Crippen molar-refractivity contribution in [1.82, 2.24) is 5.32 Å². The molecule has 0 aromatic heterocycles. The summed E-state index contributed by atoms with van der Waals surface area (Å²) in [6, 6.07) is 4.03. The molecule has 0 bridgehead atoms. The van der Waals surface area contributed by atoms with Crippen LogP contribution in [0, 0.1) is 10.1 Å². The SMILES string of the molecule is CCNC(=O)c1ccc([N+](=O)[O-])c(NC(C)CC(C)O)c1. The predicted molar refractivity (Wildman–Crippen MR) is 80.5 cm³/mol. The Labute approximate surface area is 123 Å². The fraction of sp³-hybridized carbons (Fsp3) is 0.500. The molecule has 0 radical (unpaired) electrons. The Morgan fingerprint density at radius 2 is 2.10 bits per heavy atom. The van der Waals surface area contributed by atoms with Crippen molar-refractivity contribution in [2.75, 3.05) is 11.9 Å². The van der Waals surface area contributed by atoms with E-state index >= 15 is 0 Å². The number of nitrogens with one attached hydrogen (secondary N) is 2. The van der Waals surface area contributed by atoms with Crippen molar-refractivity contribution >= 4 is 17.3 Å². The Kier molecular flexibility index (Phi) is 6.10. The number of carbonyl (C=O) groups is 1. The molecule has 1 amide bonds. The van der Waals surface area contributed by atoms with Crippen molar-refractivity contribution in [1.29, 1.82) is 0 Å². The number of benzene rings is 1. The first-order valence-electron chi connectivity index (χ1n) is 6.86. The number of amides is 1. The van der Waals surface area contributed by atoms with Crippen molar-refractivity contribution in [2.45, 2.75) is 39.3 Å². The van der Waals surface area contributed by atoms with Crippen LogP contribution in [-0.2, 0) is 0 Å². The van der Waals surface area contributed by atoms with Crippen LogP contribution in [-0.4, -0.2) is 34.6 Å². The second-order valence-corrected chi connectivity index (χ2v) is 4.98. The van der Waals surface area contributed by atoms with Crippen LogP contribution in [0.15, 0.2) is 18.2 Å². The van der Waals surface area contributed by atoms with Crippen LogP contribution in [0.1, 0.15) is 37.6 Å². The highest BCUT2D eigenvalue weighted by atomic mass is 16.6. The Hall–Kier alpha value is -2.15. The number of aliphatic hydroxyl groups is 1. The molecule has 2 unspecified atom stereocenters. The Morgan fingerprint density at radius 3 is 2.62 bits per heavy atom. The molecule has 0 saturated heterocycles. The lowest BCUT2D eigenvalue weighted by atomic mass is 10.1. The maximum absolute atomic E-state index is 11.8. The number of nitrogens with zero attached hydrogens (tertiary/aromatic N) is 1. The van der Waals surface area contributed by atoms with Gasteiger partial charge < -0.3 is 15.7 Å². The van der Waals surface area contributed by atoms with Gasteiger partial charge in [0.25, 0.3) is 11.6 Å². The van der Waals surface area contributed by atoms with Crippen molar-refractivity contribution in [3.63, 3.8) is 0 Å². The normalized spacial score (nSPS) is 13.3. The van der Waals surface area contributed by atoms with E-state index in [1.54, 1.807) is 13.8 Å². The fourth-order valence-corrected chi connectivity index (χ4v) is 2.05.